The van der Waals surface area contributed by atoms with E-state index in [4.69, 9.17) is 4.74 Å². The van der Waals surface area contributed by atoms with Crippen LogP contribution in [0.1, 0.15) is 50.3 Å². The summed E-state index contributed by atoms with van der Waals surface area (Å²) in [5, 5.41) is 13.2. The molecule has 0 radical (unpaired) electrons. The summed E-state index contributed by atoms with van der Waals surface area (Å²) in [6.45, 7) is 5.30. The van der Waals surface area contributed by atoms with E-state index in [0.29, 0.717) is 18.5 Å². The average Bonchev–Trinajstić information content (AvgIpc) is 3.04. The predicted molar refractivity (Wildman–Crippen MR) is 103 cm³/mol. The highest BCUT2D eigenvalue weighted by Crippen LogP contribution is 2.30. The monoisotopic (exact) mass is 394 g/mol. The van der Waals surface area contributed by atoms with Crippen LogP contribution in [0.2, 0.25) is 0 Å². The van der Waals surface area contributed by atoms with Crippen LogP contribution in [-0.2, 0) is 9.53 Å². The molecule has 9 nitrogen and oxygen atoms in total. The van der Waals surface area contributed by atoms with E-state index in [2.05, 4.69) is 15.2 Å². The standard InChI is InChI=1S/C19H30N4O5/c1-13-12-23(19(27)21-18(13)26)17-11-14(24)15(28-17)5-6-16(25)20-7-10-22-8-3-2-4-9-22/h12,14-15,17,24H,2-11H2,1H3,(H,20,25)(H,21,26,27)/t14-,15+,17+/m0/s1. The number of likely N-dealkylation sites (tertiary alicyclic amines) is 1. The zero-order chi connectivity index (χ0) is 20.1. The number of aromatic nitrogens is 2. The Kier molecular flexibility index (Phi) is 7.03. The smallest absolute Gasteiger partial charge is 0.330 e. The number of ether oxygens (including phenoxy) is 1. The van der Waals surface area contributed by atoms with E-state index in [1.807, 2.05) is 0 Å². The molecule has 3 atom stereocenters. The molecule has 3 N–H and O–H groups in total. The molecule has 0 aliphatic carbocycles. The Hall–Kier alpha value is -1.97. The first-order valence-corrected chi connectivity index (χ1v) is 10.1. The van der Waals surface area contributed by atoms with E-state index < -0.39 is 29.7 Å². The number of aromatic amines is 1. The summed E-state index contributed by atoms with van der Waals surface area (Å²) in [6.07, 6.45) is 4.14. The number of H-pyrrole nitrogens is 1. The number of hydrogen-bond donors (Lipinski definition) is 3. The highest BCUT2D eigenvalue weighted by Gasteiger charge is 2.35. The molecule has 28 heavy (non-hydrogen) atoms. The molecule has 0 unspecified atom stereocenters. The van der Waals surface area contributed by atoms with Crippen molar-refractivity contribution in [1.29, 1.82) is 0 Å². The van der Waals surface area contributed by atoms with Crippen molar-refractivity contribution in [1.82, 2.24) is 19.8 Å². The average molecular weight is 394 g/mol. The number of nitrogens with one attached hydrogen (secondary N) is 2. The van der Waals surface area contributed by atoms with E-state index in [9.17, 15) is 19.5 Å². The molecule has 0 bridgehead atoms. The van der Waals surface area contributed by atoms with Gasteiger partial charge in [0, 0.05) is 37.7 Å². The molecule has 1 aromatic rings. The minimum Gasteiger partial charge on any atom is -0.390 e. The lowest BCUT2D eigenvalue weighted by atomic mass is 10.1. The molecule has 0 spiro atoms. The lowest BCUT2D eigenvalue weighted by Gasteiger charge is -2.26. The Morgan fingerprint density at radius 3 is 2.82 bits per heavy atom. The minimum atomic E-state index is -0.759. The SMILES string of the molecule is Cc1cn([C@H]2C[C@H](O)[C@@H](CCC(=O)NCCN3CCCCC3)O2)c(=O)[nH]c1=O. The van der Waals surface area contributed by atoms with Crippen LogP contribution >= 0.6 is 0 Å². The van der Waals surface area contributed by atoms with Crippen molar-refractivity contribution < 1.29 is 14.6 Å². The van der Waals surface area contributed by atoms with Gasteiger partial charge in [0.15, 0.2) is 0 Å². The number of rotatable bonds is 7. The van der Waals surface area contributed by atoms with Crippen molar-refractivity contribution in [3.8, 4) is 0 Å². The molecule has 156 valence electrons. The van der Waals surface area contributed by atoms with Gasteiger partial charge in [0.25, 0.3) is 5.56 Å². The van der Waals surface area contributed by atoms with Crippen LogP contribution in [0.3, 0.4) is 0 Å². The molecule has 2 aliphatic rings. The second-order valence-electron chi connectivity index (χ2n) is 7.70. The van der Waals surface area contributed by atoms with Crippen LogP contribution in [0, 0.1) is 6.92 Å². The summed E-state index contributed by atoms with van der Waals surface area (Å²) in [7, 11) is 0. The summed E-state index contributed by atoms with van der Waals surface area (Å²) < 4.78 is 7.08. The van der Waals surface area contributed by atoms with Gasteiger partial charge in [-0.2, -0.15) is 0 Å². The number of aliphatic hydroxyl groups is 1. The lowest BCUT2D eigenvalue weighted by molar-refractivity contribution is -0.122. The molecule has 3 rings (SSSR count). The van der Waals surface area contributed by atoms with Crippen molar-refractivity contribution in [2.45, 2.75) is 63.9 Å². The fourth-order valence-electron chi connectivity index (χ4n) is 3.84. The highest BCUT2D eigenvalue weighted by atomic mass is 16.5. The molecule has 3 heterocycles. The molecule has 2 fully saturated rings. The van der Waals surface area contributed by atoms with Gasteiger partial charge in [-0.3, -0.25) is 19.1 Å². The fraction of sp³-hybridized carbons (Fsp3) is 0.737. The molecule has 2 saturated heterocycles. The third-order valence-corrected chi connectivity index (χ3v) is 5.52. The van der Waals surface area contributed by atoms with Crippen molar-refractivity contribution in [3.05, 3.63) is 32.6 Å². The molecule has 1 aromatic heterocycles. The van der Waals surface area contributed by atoms with Crippen molar-refractivity contribution in [2.24, 2.45) is 0 Å². The van der Waals surface area contributed by atoms with Crippen LogP contribution in [0.15, 0.2) is 15.8 Å². The predicted octanol–water partition coefficient (Wildman–Crippen LogP) is -0.124. The van der Waals surface area contributed by atoms with E-state index in [-0.39, 0.29) is 18.7 Å². The lowest BCUT2D eigenvalue weighted by Crippen LogP contribution is -2.38. The van der Waals surface area contributed by atoms with Crippen LogP contribution in [0.25, 0.3) is 0 Å². The Labute approximate surface area is 163 Å². The van der Waals surface area contributed by atoms with Gasteiger partial charge >= 0.3 is 5.69 Å². The van der Waals surface area contributed by atoms with Gasteiger partial charge in [-0.15, -0.1) is 0 Å². The van der Waals surface area contributed by atoms with Crippen molar-refractivity contribution in [3.63, 3.8) is 0 Å². The van der Waals surface area contributed by atoms with E-state index in [1.54, 1.807) is 6.92 Å². The number of carbonyl (C=O) groups excluding carboxylic acids is 1. The van der Waals surface area contributed by atoms with Gasteiger partial charge in [0.1, 0.15) is 6.23 Å². The van der Waals surface area contributed by atoms with Gasteiger partial charge in [-0.25, -0.2) is 4.79 Å². The Balaban J connectivity index is 1.43. The molecule has 9 heteroatoms. The van der Waals surface area contributed by atoms with Gasteiger partial charge in [-0.1, -0.05) is 6.42 Å². The number of nitrogens with zero attached hydrogens (tertiary/aromatic N) is 2. The summed E-state index contributed by atoms with van der Waals surface area (Å²) in [5.41, 5.74) is -0.601. The van der Waals surface area contributed by atoms with Crippen molar-refractivity contribution >= 4 is 5.91 Å². The maximum Gasteiger partial charge on any atom is 0.330 e. The third kappa shape index (κ3) is 5.30. The van der Waals surface area contributed by atoms with Crippen LogP contribution in [0.5, 0.6) is 0 Å². The molecular weight excluding hydrogens is 364 g/mol. The van der Waals surface area contributed by atoms with Gasteiger partial charge in [0.2, 0.25) is 5.91 Å². The van der Waals surface area contributed by atoms with E-state index >= 15 is 0 Å². The first-order chi connectivity index (χ1) is 13.4. The van der Waals surface area contributed by atoms with E-state index in [0.717, 1.165) is 19.6 Å². The first-order valence-electron chi connectivity index (χ1n) is 10.1. The summed E-state index contributed by atoms with van der Waals surface area (Å²) >= 11 is 0. The number of aliphatic hydroxyl groups excluding tert-OH is 1. The Bertz CT molecular complexity index is 783. The Morgan fingerprint density at radius 1 is 1.32 bits per heavy atom. The molecule has 0 aromatic carbocycles. The number of carbonyl (C=O) groups is 1. The Morgan fingerprint density at radius 2 is 2.07 bits per heavy atom. The van der Waals surface area contributed by atoms with Crippen LogP contribution in [-0.4, -0.2) is 63.9 Å². The number of hydrogen-bond acceptors (Lipinski definition) is 6. The molecule has 1 amide bonds. The quantitative estimate of drug-likeness (QED) is 0.593. The second kappa shape index (κ2) is 9.49. The number of aryl methyl sites for hydroxylation is 1. The van der Waals surface area contributed by atoms with Crippen LogP contribution in [0.4, 0.5) is 0 Å². The second-order valence-corrected chi connectivity index (χ2v) is 7.70. The topological polar surface area (TPSA) is 117 Å². The number of piperidine rings is 1. The molecular formula is C19H30N4O5. The van der Waals surface area contributed by atoms with E-state index in [1.165, 1.54) is 30.0 Å². The first kappa shape index (κ1) is 20.8. The van der Waals surface area contributed by atoms with Gasteiger partial charge < -0.3 is 20.1 Å². The third-order valence-electron chi connectivity index (χ3n) is 5.52. The normalized spacial score (nSPS) is 25.7. The van der Waals surface area contributed by atoms with Crippen molar-refractivity contribution in [2.75, 3.05) is 26.2 Å². The maximum absolute atomic E-state index is 12.1. The minimum absolute atomic E-state index is 0.0617. The van der Waals surface area contributed by atoms with Gasteiger partial charge in [0.05, 0.1) is 12.2 Å². The summed E-state index contributed by atoms with van der Waals surface area (Å²) in [5.74, 6) is -0.0617. The summed E-state index contributed by atoms with van der Waals surface area (Å²) in [4.78, 5) is 40.2. The zero-order valence-corrected chi connectivity index (χ0v) is 16.4. The molecule has 0 saturated carbocycles. The maximum atomic E-state index is 12.1. The number of amides is 1. The largest absolute Gasteiger partial charge is 0.390 e. The zero-order valence-electron chi connectivity index (χ0n) is 16.4. The summed E-state index contributed by atoms with van der Waals surface area (Å²) in [6, 6.07) is 0. The fourth-order valence-corrected chi connectivity index (χ4v) is 3.84. The molecule has 2 aliphatic heterocycles. The van der Waals surface area contributed by atoms with Gasteiger partial charge in [-0.05, 0) is 39.3 Å². The highest BCUT2D eigenvalue weighted by molar-refractivity contribution is 5.75. The van der Waals surface area contributed by atoms with Crippen LogP contribution < -0.4 is 16.6 Å².